The molecular weight excluding hydrogens is 396 g/mol. The second kappa shape index (κ2) is 15.6. The molecule has 0 aromatic rings. The van der Waals surface area contributed by atoms with E-state index in [2.05, 4.69) is 21.3 Å². The van der Waals surface area contributed by atoms with Crippen molar-refractivity contribution in [2.45, 2.75) is 71.1 Å². The van der Waals surface area contributed by atoms with E-state index >= 15 is 0 Å². The summed E-state index contributed by atoms with van der Waals surface area (Å²) in [5, 5.41) is 29.0. The predicted molar refractivity (Wildman–Crippen MR) is 110 cm³/mol. The first kappa shape index (κ1) is 27.8. The highest BCUT2D eigenvalue weighted by Crippen LogP contribution is 2.02. The van der Waals surface area contributed by atoms with Gasteiger partial charge in [0.05, 0.1) is 25.7 Å². The first-order valence-corrected chi connectivity index (χ1v) is 10.1. The topological polar surface area (TPSA) is 166 Å². The molecule has 0 saturated carbocycles. The maximum atomic E-state index is 12.5. The standard InChI is InChI=1S/C19H36N4O7/c1-12(2)20-7-9-30-10-8-21-18(28)15(11-17(26)27)23-19(29)14(22-13(3)4)5-6-16(24)25/h12-15,20,22H,5-11H2,1-4H3,(H,21,28)(H,23,29)(H,24,25)(H,26,27)/t14-,15-/m0/s1. The Morgan fingerprint density at radius 3 is 2.00 bits per heavy atom. The number of amides is 2. The van der Waals surface area contributed by atoms with E-state index in [0.717, 1.165) is 0 Å². The molecule has 0 aromatic heterocycles. The van der Waals surface area contributed by atoms with E-state index in [4.69, 9.17) is 14.9 Å². The summed E-state index contributed by atoms with van der Waals surface area (Å²) >= 11 is 0. The minimum Gasteiger partial charge on any atom is -0.481 e. The Labute approximate surface area is 177 Å². The van der Waals surface area contributed by atoms with E-state index in [1.807, 2.05) is 13.8 Å². The van der Waals surface area contributed by atoms with E-state index < -0.39 is 42.3 Å². The molecule has 2 amide bonds. The Morgan fingerprint density at radius 1 is 0.833 bits per heavy atom. The van der Waals surface area contributed by atoms with Crippen molar-refractivity contribution in [1.29, 1.82) is 0 Å². The molecule has 174 valence electrons. The largest absolute Gasteiger partial charge is 0.481 e. The summed E-state index contributed by atoms with van der Waals surface area (Å²) in [5.41, 5.74) is 0. The number of ether oxygens (including phenoxy) is 1. The number of rotatable bonds is 17. The Balaban J connectivity index is 4.67. The third kappa shape index (κ3) is 14.7. The molecule has 0 rings (SSSR count). The minimum atomic E-state index is -1.28. The number of nitrogens with one attached hydrogen (secondary N) is 4. The summed E-state index contributed by atoms with van der Waals surface area (Å²) in [6, 6.07) is -1.90. The van der Waals surface area contributed by atoms with Crippen LogP contribution in [0.1, 0.15) is 47.0 Å². The van der Waals surface area contributed by atoms with Crippen LogP contribution in [0.2, 0.25) is 0 Å². The van der Waals surface area contributed by atoms with Gasteiger partial charge in [-0.15, -0.1) is 0 Å². The maximum Gasteiger partial charge on any atom is 0.305 e. The zero-order valence-corrected chi connectivity index (χ0v) is 18.2. The molecular formula is C19H36N4O7. The van der Waals surface area contributed by atoms with E-state index in [9.17, 15) is 19.2 Å². The average molecular weight is 433 g/mol. The van der Waals surface area contributed by atoms with Gasteiger partial charge in [-0.3, -0.25) is 19.2 Å². The van der Waals surface area contributed by atoms with Crippen LogP contribution in [-0.2, 0) is 23.9 Å². The lowest BCUT2D eigenvalue weighted by molar-refractivity contribution is -0.140. The molecule has 0 heterocycles. The van der Waals surface area contributed by atoms with Crippen LogP contribution in [0.3, 0.4) is 0 Å². The maximum absolute atomic E-state index is 12.5. The molecule has 0 aliphatic heterocycles. The number of carboxylic acids is 2. The molecule has 0 aromatic carbocycles. The predicted octanol–water partition coefficient (Wildman–Crippen LogP) is -0.692. The van der Waals surface area contributed by atoms with Crippen molar-refractivity contribution < 1.29 is 34.1 Å². The number of aliphatic carboxylic acids is 2. The number of carbonyl (C=O) groups is 4. The van der Waals surface area contributed by atoms with E-state index in [1.54, 1.807) is 13.8 Å². The second-order valence-electron chi connectivity index (χ2n) is 7.48. The van der Waals surface area contributed by atoms with Gasteiger partial charge in [0.1, 0.15) is 6.04 Å². The SMILES string of the molecule is CC(C)NCCOCCNC(=O)[C@H](CC(=O)O)NC(=O)[C@H](CCC(=O)O)NC(C)C. The normalized spacial score (nSPS) is 13.1. The number of carbonyl (C=O) groups excluding carboxylic acids is 2. The Bertz CT molecular complexity index is 555. The molecule has 11 nitrogen and oxygen atoms in total. The monoisotopic (exact) mass is 432 g/mol. The van der Waals surface area contributed by atoms with E-state index in [0.29, 0.717) is 19.2 Å². The fourth-order valence-corrected chi connectivity index (χ4v) is 2.51. The van der Waals surface area contributed by atoms with Crippen LogP contribution in [0.4, 0.5) is 0 Å². The van der Waals surface area contributed by atoms with Crippen molar-refractivity contribution >= 4 is 23.8 Å². The van der Waals surface area contributed by atoms with Crippen LogP contribution >= 0.6 is 0 Å². The van der Waals surface area contributed by atoms with Gasteiger partial charge in [0.25, 0.3) is 0 Å². The number of hydrogen-bond acceptors (Lipinski definition) is 7. The van der Waals surface area contributed by atoms with E-state index in [-0.39, 0.29) is 32.0 Å². The quantitative estimate of drug-likeness (QED) is 0.163. The molecule has 2 atom stereocenters. The zero-order chi connectivity index (χ0) is 23.1. The summed E-state index contributed by atoms with van der Waals surface area (Å²) in [7, 11) is 0. The zero-order valence-electron chi connectivity index (χ0n) is 18.2. The lowest BCUT2D eigenvalue weighted by Crippen LogP contribution is -2.54. The molecule has 6 N–H and O–H groups in total. The van der Waals surface area contributed by atoms with Gasteiger partial charge in [-0.2, -0.15) is 0 Å². The van der Waals surface area contributed by atoms with Crippen LogP contribution in [0.25, 0.3) is 0 Å². The Hall–Kier alpha value is -2.24. The lowest BCUT2D eigenvalue weighted by atomic mass is 10.1. The van der Waals surface area contributed by atoms with Gasteiger partial charge in [-0.1, -0.05) is 27.7 Å². The molecule has 11 heteroatoms. The first-order valence-electron chi connectivity index (χ1n) is 10.1. The molecule has 30 heavy (non-hydrogen) atoms. The van der Waals surface area contributed by atoms with Crippen LogP contribution in [0.15, 0.2) is 0 Å². The Kier molecular flexibility index (Phi) is 14.4. The van der Waals surface area contributed by atoms with Crippen molar-refractivity contribution in [2.24, 2.45) is 0 Å². The minimum absolute atomic E-state index is 0.0129. The summed E-state index contributed by atoms with van der Waals surface area (Å²) in [4.78, 5) is 46.8. The van der Waals surface area contributed by atoms with Crippen LogP contribution in [0.5, 0.6) is 0 Å². The molecule has 0 aliphatic carbocycles. The van der Waals surface area contributed by atoms with Gasteiger partial charge in [0, 0.05) is 31.6 Å². The third-order valence-corrected chi connectivity index (χ3v) is 3.85. The van der Waals surface area contributed by atoms with Crippen molar-refractivity contribution in [3.8, 4) is 0 Å². The third-order valence-electron chi connectivity index (χ3n) is 3.85. The summed E-state index contributed by atoms with van der Waals surface area (Å²) in [6.45, 7) is 9.16. The molecule has 0 saturated heterocycles. The fraction of sp³-hybridized carbons (Fsp3) is 0.789. The summed E-state index contributed by atoms with van der Waals surface area (Å²) in [6.07, 6.45) is -0.820. The smallest absolute Gasteiger partial charge is 0.305 e. The highest BCUT2D eigenvalue weighted by Gasteiger charge is 2.28. The van der Waals surface area contributed by atoms with Crippen LogP contribution in [-0.4, -0.2) is 84.4 Å². The molecule has 0 spiro atoms. The molecule has 0 unspecified atom stereocenters. The van der Waals surface area contributed by atoms with Crippen LogP contribution < -0.4 is 21.3 Å². The second-order valence-corrected chi connectivity index (χ2v) is 7.48. The van der Waals surface area contributed by atoms with Gasteiger partial charge in [0.15, 0.2) is 0 Å². The highest BCUT2D eigenvalue weighted by atomic mass is 16.5. The molecule has 0 radical (unpaired) electrons. The summed E-state index contributed by atoms with van der Waals surface area (Å²) < 4.78 is 5.37. The highest BCUT2D eigenvalue weighted by molar-refractivity contribution is 5.92. The van der Waals surface area contributed by atoms with Crippen molar-refractivity contribution in [1.82, 2.24) is 21.3 Å². The van der Waals surface area contributed by atoms with Crippen molar-refractivity contribution in [3.63, 3.8) is 0 Å². The Morgan fingerprint density at radius 2 is 1.47 bits per heavy atom. The number of carboxylic acid groups (broad SMARTS) is 2. The van der Waals surface area contributed by atoms with Crippen LogP contribution in [0, 0.1) is 0 Å². The number of hydrogen-bond donors (Lipinski definition) is 6. The average Bonchev–Trinajstić information content (AvgIpc) is 2.62. The lowest BCUT2D eigenvalue weighted by Gasteiger charge is -2.23. The molecule has 0 aliphatic rings. The first-order chi connectivity index (χ1) is 14.0. The van der Waals surface area contributed by atoms with Crippen molar-refractivity contribution in [2.75, 3.05) is 26.3 Å². The van der Waals surface area contributed by atoms with E-state index in [1.165, 1.54) is 0 Å². The van der Waals surface area contributed by atoms with Gasteiger partial charge >= 0.3 is 11.9 Å². The van der Waals surface area contributed by atoms with Gasteiger partial charge < -0.3 is 36.2 Å². The molecule has 0 bridgehead atoms. The fourth-order valence-electron chi connectivity index (χ4n) is 2.51. The van der Waals surface area contributed by atoms with Gasteiger partial charge in [0.2, 0.25) is 11.8 Å². The van der Waals surface area contributed by atoms with Gasteiger partial charge in [-0.25, -0.2) is 0 Å². The van der Waals surface area contributed by atoms with Crippen molar-refractivity contribution in [3.05, 3.63) is 0 Å². The van der Waals surface area contributed by atoms with Gasteiger partial charge in [-0.05, 0) is 6.42 Å². The summed E-state index contributed by atoms with van der Waals surface area (Å²) in [5.74, 6) is -3.56. The molecule has 0 fully saturated rings.